The highest BCUT2D eigenvalue weighted by atomic mass is 16.5. The van der Waals surface area contributed by atoms with Crippen LogP contribution in [0.1, 0.15) is 13.8 Å². The summed E-state index contributed by atoms with van der Waals surface area (Å²) >= 11 is 0. The van der Waals surface area contributed by atoms with Crippen LogP contribution in [0.5, 0.6) is 11.5 Å². The van der Waals surface area contributed by atoms with Crippen molar-refractivity contribution in [3.05, 3.63) is 24.3 Å². The van der Waals surface area contributed by atoms with Crippen molar-refractivity contribution in [3.63, 3.8) is 0 Å². The van der Waals surface area contributed by atoms with Crippen LogP contribution in [-0.2, 0) is 4.79 Å². The number of primary amides is 1. The summed E-state index contributed by atoms with van der Waals surface area (Å²) < 4.78 is 10.4. The van der Waals surface area contributed by atoms with E-state index in [4.69, 9.17) is 15.2 Å². The number of hydrogen-bond acceptors (Lipinski definition) is 3. The van der Waals surface area contributed by atoms with E-state index in [2.05, 4.69) is 0 Å². The molecule has 0 aliphatic rings. The van der Waals surface area contributed by atoms with Gasteiger partial charge in [0.15, 0.2) is 5.60 Å². The molecule has 2 N–H and O–H groups in total. The van der Waals surface area contributed by atoms with Gasteiger partial charge in [-0.3, -0.25) is 4.79 Å². The summed E-state index contributed by atoms with van der Waals surface area (Å²) in [5.74, 6) is 0.817. The number of amides is 1. The maximum absolute atomic E-state index is 11.0. The standard InChI is InChI=1S/C11H15NO3/c1-11(2,10(12)13)15-9-6-4-8(14-3)5-7-9/h4-7H,1-3H3,(H2,12,13). The van der Waals surface area contributed by atoms with Crippen LogP contribution in [0.2, 0.25) is 0 Å². The molecule has 1 rings (SSSR count). The smallest absolute Gasteiger partial charge is 0.261 e. The summed E-state index contributed by atoms with van der Waals surface area (Å²) in [6.07, 6.45) is 0. The molecular weight excluding hydrogens is 194 g/mol. The largest absolute Gasteiger partial charge is 0.497 e. The van der Waals surface area contributed by atoms with Gasteiger partial charge in [-0.05, 0) is 38.1 Å². The molecule has 0 aliphatic carbocycles. The second kappa shape index (κ2) is 4.21. The Morgan fingerprint density at radius 3 is 2.07 bits per heavy atom. The molecule has 1 amide bonds. The molecule has 4 nitrogen and oxygen atoms in total. The van der Waals surface area contributed by atoms with Gasteiger partial charge in [-0.25, -0.2) is 0 Å². The van der Waals surface area contributed by atoms with Crippen molar-refractivity contribution >= 4 is 5.91 Å². The molecular formula is C11H15NO3. The minimum atomic E-state index is -1.01. The minimum Gasteiger partial charge on any atom is -0.497 e. The molecule has 0 atom stereocenters. The van der Waals surface area contributed by atoms with Crippen molar-refractivity contribution in [1.29, 1.82) is 0 Å². The lowest BCUT2D eigenvalue weighted by Crippen LogP contribution is -2.43. The average Bonchev–Trinajstić information content (AvgIpc) is 2.18. The van der Waals surface area contributed by atoms with Crippen LogP contribution < -0.4 is 15.2 Å². The van der Waals surface area contributed by atoms with E-state index < -0.39 is 11.5 Å². The van der Waals surface area contributed by atoms with Crippen molar-refractivity contribution in [2.75, 3.05) is 7.11 Å². The molecule has 0 heterocycles. The third-order valence-corrected chi connectivity index (χ3v) is 2.03. The van der Waals surface area contributed by atoms with E-state index in [1.807, 2.05) is 0 Å². The number of methoxy groups -OCH3 is 1. The number of carbonyl (C=O) groups is 1. The predicted molar refractivity (Wildman–Crippen MR) is 56.9 cm³/mol. The summed E-state index contributed by atoms with van der Waals surface area (Å²) in [7, 11) is 1.59. The lowest BCUT2D eigenvalue weighted by Gasteiger charge is -2.22. The molecule has 0 radical (unpaired) electrons. The van der Waals surface area contributed by atoms with Gasteiger partial charge in [-0.1, -0.05) is 0 Å². The molecule has 0 unspecified atom stereocenters. The summed E-state index contributed by atoms with van der Waals surface area (Å²) in [6, 6.07) is 6.96. The van der Waals surface area contributed by atoms with E-state index in [0.29, 0.717) is 5.75 Å². The highest BCUT2D eigenvalue weighted by Gasteiger charge is 2.26. The summed E-state index contributed by atoms with van der Waals surface area (Å²) in [4.78, 5) is 11.0. The zero-order chi connectivity index (χ0) is 11.5. The average molecular weight is 209 g/mol. The monoisotopic (exact) mass is 209 g/mol. The van der Waals surface area contributed by atoms with Crippen molar-refractivity contribution in [2.45, 2.75) is 19.4 Å². The molecule has 0 saturated carbocycles. The molecule has 0 bridgehead atoms. The Morgan fingerprint density at radius 1 is 1.20 bits per heavy atom. The lowest BCUT2D eigenvalue weighted by atomic mass is 10.1. The fourth-order valence-corrected chi connectivity index (χ4v) is 0.989. The summed E-state index contributed by atoms with van der Waals surface area (Å²) in [5, 5.41) is 0. The Kier molecular flexibility index (Phi) is 3.19. The minimum absolute atomic E-state index is 0.502. The van der Waals surface area contributed by atoms with Crippen molar-refractivity contribution in [1.82, 2.24) is 0 Å². The summed E-state index contributed by atoms with van der Waals surface area (Å²) in [6.45, 7) is 3.25. The Labute approximate surface area is 89.0 Å². The van der Waals surface area contributed by atoms with E-state index >= 15 is 0 Å². The molecule has 15 heavy (non-hydrogen) atoms. The van der Waals surface area contributed by atoms with Gasteiger partial charge in [-0.15, -0.1) is 0 Å². The third kappa shape index (κ3) is 2.87. The van der Waals surface area contributed by atoms with Crippen molar-refractivity contribution < 1.29 is 14.3 Å². The van der Waals surface area contributed by atoms with Gasteiger partial charge in [0.2, 0.25) is 0 Å². The van der Waals surface area contributed by atoms with Crippen LogP contribution >= 0.6 is 0 Å². The first-order valence-corrected chi connectivity index (χ1v) is 4.58. The molecule has 82 valence electrons. The van der Waals surface area contributed by atoms with Gasteiger partial charge in [-0.2, -0.15) is 0 Å². The Morgan fingerprint density at radius 2 is 1.67 bits per heavy atom. The van der Waals surface area contributed by atoms with Crippen LogP contribution in [0.4, 0.5) is 0 Å². The molecule has 1 aromatic carbocycles. The molecule has 0 aromatic heterocycles. The molecule has 0 aliphatic heterocycles. The second-order valence-corrected chi connectivity index (χ2v) is 3.65. The van der Waals surface area contributed by atoms with Gasteiger partial charge in [0.05, 0.1) is 7.11 Å². The van der Waals surface area contributed by atoms with Crippen LogP contribution in [0.3, 0.4) is 0 Å². The van der Waals surface area contributed by atoms with E-state index in [1.165, 1.54) is 0 Å². The van der Waals surface area contributed by atoms with Gasteiger partial charge >= 0.3 is 0 Å². The zero-order valence-corrected chi connectivity index (χ0v) is 9.11. The van der Waals surface area contributed by atoms with Gasteiger partial charge in [0.25, 0.3) is 5.91 Å². The zero-order valence-electron chi connectivity index (χ0n) is 9.11. The third-order valence-electron chi connectivity index (χ3n) is 2.03. The lowest BCUT2D eigenvalue weighted by molar-refractivity contribution is -0.130. The highest BCUT2D eigenvalue weighted by molar-refractivity contribution is 5.82. The molecule has 0 fully saturated rings. The number of ether oxygens (including phenoxy) is 2. The molecule has 0 saturated heterocycles. The number of carbonyl (C=O) groups excluding carboxylic acids is 1. The highest BCUT2D eigenvalue weighted by Crippen LogP contribution is 2.21. The predicted octanol–water partition coefficient (Wildman–Crippen LogP) is 1.34. The van der Waals surface area contributed by atoms with Crippen molar-refractivity contribution in [2.24, 2.45) is 5.73 Å². The van der Waals surface area contributed by atoms with E-state index in [1.54, 1.807) is 45.2 Å². The molecule has 0 spiro atoms. The van der Waals surface area contributed by atoms with Gasteiger partial charge in [0, 0.05) is 0 Å². The van der Waals surface area contributed by atoms with Crippen LogP contribution in [0.25, 0.3) is 0 Å². The first kappa shape index (κ1) is 11.4. The fourth-order valence-electron chi connectivity index (χ4n) is 0.989. The fraction of sp³-hybridized carbons (Fsp3) is 0.364. The SMILES string of the molecule is COc1ccc(OC(C)(C)C(N)=O)cc1. The number of rotatable bonds is 4. The number of hydrogen-bond donors (Lipinski definition) is 1. The number of nitrogens with two attached hydrogens (primary N) is 1. The first-order valence-electron chi connectivity index (χ1n) is 4.58. The maximum atomic E-state index is 11.0. The Balaban J connectivity index is 2.77. The van der Waals surface area contributed by atoms with Crippen LogP contribution in [0.15, 0.2) is 24.3 Å². The topological polar surface area (TPSA) is 61.6 Å². The van der Waals surface area contributed by atoms with E-state index in [9.17, 15) is 4.79 Å². The van der Waals surface area contributed by atoms with Gasteiger partial charge in [0.1, 0.15) is 11.5 Å². The van der Waals surface area contributed by atoms with Crippen LogP contribution in [0, 0.1) is 0 Å². The van der Waals surface area contributed by atoms with Crippen LogP contribution in [-0.4, -0.2) is 18.6 Å². The Bertz CT molecular complexity index is 343. The summed E-state index contributed by atoms with van der Waals surface area (Å²) in [5.41, 5.74) is 4.18. The van der Waals surface area contributed by atoms with E-state index in [-0.39, 0.29) is 0 Å². The van der Waals surface area contributed by atoms with Crippen molar-refractivity contribution in [3.8, 4) is 11.5 Å². The molecule has 4 heteroatoms. The molecule has 1 aromatic rings. The first-order chi connectivity index (χ1) is 6.95. The second-order valence-electron chi connectivity index (χ2n) is 3.65. The quantitative estimate of drug-likeness (QED) is 0.813. The van der Waals surface area contributed by atoms with E-state index in [0.717, 1.165) is 5.75 Å². The maximum Gasteiger partial charge on any atom is 0.261 e. The number of benzene rings is 1. The normalized spacial score (nSPS) is 10.9. The Hall–Kier alpha value is -1.71. The van der Waals surface area contributed by atoms with Gasteiger partial charge < -0.3 is 15.2 Å².